The number of phenols is 1. The third-order valence-corrected chi connectivity index (χ3v) is 6.57. The lowest BCUT2D eigenvalue weighted by molar-refractivity contribution is -0.116. The van der Waals surface area contributed by atoms with Gasteiger partial charge in [0.15, 0.2) is 11.5 Å². The highest BCUT2D eigenvalue weighted by molar-refractivity contribution is 7.18. The van der Waals surface area contributed by atoms with Gasteiger partial charge in [-0.05, 0) is 60.0 Å². The number of nitrogens with one attached hydrogen (secondary N) is 2. The van der Waals surface area contributed by atoms with E-state index in [1.807, 2.05) is 6.92 Å². The van der Waals surface area contributed by atoms with Crippen LogP contribution in [0.1, 0.15) is 38.7 Å². The molecule has 0 bridgehead atoms. The van der Waals surface area contributed by atoms with Crippen molar-refractivity contribution in [1.29, 1.82) is 0 Å². The first-order chi connectivity index (χ1) is 14.9. The minimum Gasteiger partial charge on any atom is -0.504 e. The van der Waals surface area contributed by atoms with Gasteiger partial charge in [-0.3, -0.25) is 9.59 Å². The molecule has 8 heteroatoms. The van der Waals surface area contributed by atoms with Crippen molar-refractivity contribution in [3.05, 3.63) is 64.0 Å². The molecule has 0 saturated carbocycles. The van der Waals surface area contributed by atoms with Crippen LogP contribution in [0.2, 0.25) is 0 Å². The Morgan fingerprint density at radius 1 is 1.16 bits per heavy atom. The standard InChI is InChI=1S/C23H22N2O5S/c1-12-20-16(13-4-9-17(26)18(10-13)30-3)11-19(27)25-23(20)31-21(12)22(28)24-14-5-7-15(29-2)8-6-14/h4-10,16,26H,11H2,1-3H3,(H,24,28)(H,25,27). The van der Waals surface area contributed by atoms with Gasteiger partial charge >= 0.3 is 0 Å². The predicted molar refractivity (Wildman–Crippen MR) is 120 cm³/mol. The summed E-state index contributed by atoms with van der Waals surface area (Å²) in [6.07, 6.45) is 0.248. The van der Waals surface area contributed by atoms with Crippen molar-refractivity contribution in [2.45, 2.75) is 19.3 Å². The summed E-state index contributed by atoms with van der Waals surface area (Å²) < 4.78 is 10.4. The molecule has 0 aliphatic carbocycles. The van der Waals surface area contributed by atoms with Gasteiger partial charge in [0, 0.05) is 18.0 Å². The number of ether oxygens (including phenoxy) is 2. The van der Waals surface area contributed by atoms with Gasteiger partial charge in [0.05, 0.1) is 24.1 Å². The summed E-state index contributed by atoms with van der Waals surface area (Å²) in [7, 11) is 3.07. The molecule has 0 fully saturated rings. The van der Waals surface area contributed by atoms with Crippen LogP contribution in [0.5, 0.6) is 17.2 Å². The Hall–Kier alpha value is -3.52. The maximum atomic E-state index is 13.0. The zero-order valence-electron chi connectivity index (χ0n) is 17.3. The third-order valence-electron chi connectivity index (χ3n) is 5.34. The number of anilines is 2. The van der Waals surface area contributed by atoms with Gasteiger partial charge < -0.3 is 25.2 Å². The van der Waals surface area contributed by atoms with E-state index in [9.17, 15) is 14.7 Å². The lowest BCUT2D eigenvalue weighted by atomic mass is 9.84. The first kappa shape index (κ1) is 20.7. The average molecular weight is 439 g/mol. The molecule has 0 radical (unpaired) electrons. The summed E-state index contributed by atoms with van der Waals surface area (Å²) in [5.41, 5.74) is 3.23. The van der Waals surface area contributed by atoms with Crippen LogP contribution < -0.4 is 20.1 Å². The Bertz CT molecular complexity index is 1150. The minimum absolute atomic E-state index is 0.0355. The second-order valence-electron chi connectivity index (χ2n) is 7.22. The fourth-order valence-electron chi connectivity index (χ4n) is 3.78. The Morgan fingerprint density at radius 3 is 2.58 bits per heavy atom. The van der Waals surface area contributed by atoms with Crippen molar-refractivity contribution in [3.8, 4) is 17.2 Å². The first-order valence-corrected chi connectivity index (χ1v) is 10.5. The molecule has 1 aromatic heterocycles. The van der Waals surface area contributed by atoms with Gasteiger partial charge in [-0.2, -0.15) is 0 Å². The summed E-state index contributed by atoms with van der Waals surface area (Å²) in [5, 5.41) is 16.4. The normalized spacial score (nSPS) is 15.1. The van der Waals surface area contributed by atoms with Crippen molar-refractivity contribution in [3.63, 3.8) is 0 Å². The molecule has 1 aliphatic rings. The molecule has 2 aromatic carbocycles. The van der Waals surface area contributed by atoms with E-state index in [1.54, 1.807) is 49.6 Å². The van der Waals surface area contributed by atoms with Crippen LogP contribution >= 0.6 is 11.3 Å². The van der Waals surface area contributed by atoms with E-state index in [0.717, 1.165) is 16.7 Å². The number of fused-ring (bicyclic) bond motifs is 1. The molecule has 1 aliphatic heterocycles. The number of thiophene rings is 1. The van der Waals surface area contributed by atoms with Gasteiger partial charge in [-0.25, -0.2) is 0 Å². The molecule has 2 amide bonds. The zero-order valence-corrected chi connectivity index (χ0v) is 18.1. The van der Waals surface area contributed by atoms with Crippen LogP contribution in [0.3, 0.4) is 0 Å². The number of rotatable bonds is 5. The monoisotopic (exact) mass is 438 g/mol. The second kappa shape index (κ2) is 8.31. The molecule has 31 heavy (non-hydrogen) atoms. The van der Waals surface area contributed by atoms with Crippen LogP contribution in [0.15, 0.2) is 42.5 Å². The maximum absolute atomic E-state index is 13.0. The Morgan fingerprint density at radius 2 is 1.90 bits per heavy atom. The number of amides is 2. The van der Waals surface area contributed by atoms with Gasteiger partial charge in [0.2, 0.25) is 5.91 Å². The molecule has 0 saturated heterocycles. The number of hydrogen-bond donors (Lipinski definition) is 3. The number of aromatic hydroxyl groups is 1. The minimum atomic E-state index is -0.239. The lowest BCUT2D eigenvalue weighted by Crippen LogP contribution is -2.22. The summed E-state index contributed by atoms with van der Waals surface area (Å²) >= 11 is 1.26. The van der Waals surface area contributed by atoms with Gasteiger partial charge in [0.25, 0.3) is 5.91 Å². The molecule has 2 heterocycles. The Kier molecular flexibility index (Phi) is 5.56. The SMILES string of the molecule is COc1ccc(NC(=O)c2sc3c(c2C)C(c2ccc(O)c(OC)c2)CC(=O)N3)cc1. The number of carbonyl (C=O) groups excluding carboxylic acids is 2. The van der Waals surface area contributed by atoms with E-state index >= 15 is 0 Å². The molecule has 1 atom stereocenters. The third kappa shape index (κ3) is 3.94. The molecular weight excluding hydrogens is 416 g/mol. The Labute approximate surface area is 183 Å². The predicted octanol–water partition coefficient (Wildman–Crippen LogP) is 4.51. The molecule has 4 rings (SSSR count). The molecule has 7 nitrogen and oxygen atoms in total. The molecule has 160 valence electrons. The van der Waals surface area contributed by atoms with E-state index in [-0.39, 0.29) is 29.9 Å². The number of carbonyl (C=O) groups is 2. The van der Waals surface area contributed by atoms with Crippen LogP contribution in [-0.4, -0.2) is 31.1 Å². The van der Waals surface area contributed by atoms with E-state index in [1.165, 1.54) is 18.4 Å². The van der Waals surface area contributed by atoms with Crippen LogP contribution in [0, 0.1) is 6.92 Å². The maximum Gasteiger partial charge on any atom is 0.266 e. The number of hydrogen-bond acceptors (Lipinski definition) is 6. The van der Waals surface area contributed by atoms with Crippen molar-refractivity contribution in [2.75, 3.05) is 24.9 Å². The summed E-state index contributed by atoms with van der Waals surface area (Å²) in [5.74, 6) is 0.489. The van der Waals surface area contributed by atoms with Crippen molar-refractivity contribution in [2.24, 2.45) is 0 Å². The smallest absolute Gasteiger partial charge is 0.266 e. The molecule has 1 unspecified atom stereocenters. The van der Waals surface area contributed by atoms with Gasteiger partial charge in [0.1, 0.15) is 5.75 Å². The highest BCUT2D eigenvalue weighted by Gasteiger charge is 2.33. The van der Waals surface area contributed by atoms with Gasteiger partial charge in [-0.1, -0.05) is 6.07 Å². The summed E-state index contributed by atoms with van der Waals surface area (Å²) in [4.78, 5) is 25.9. The van der Waals surface area contributed by atoms with Crippen molar-refractivity contribution < 1.29 is 24.2 Å². The molecule has 0 spiro atoms. The quantitative estimate of drug-likeness (QED) is 0.545. The number of benzene rings is 2. The fraction of sp³-hybridized carbons (Fsp3) is 0.217. The summed E-state index contributed by atoms with van der Waals surface area (Å²) in [6.45, 7) is 1.89. The lowest BCUT2D eigenvalue weighted by Gasteiger charge is -2.24. The zero-order chi connectivity index (χ0) is 22.1. The van der Waals surface area contributed by atoms with E-state index < -0.39 is 0 Å². The molecule has 3 aromatic rings. The Balaban J connectivity index is 1.68. The highest BCUT2D eigenvalue weighted by atomic mass is 32.1. The van der Waals surface area contributed by atoms with E-state index in [2.05, 4.69) is 10.6 Å². The fourth-order valence-corrected chi connectivity index (χ4v) is 4.96. The largest absolute Gasteiger partial charge is 0.504 e. The van der Waals surface area contributed by atoms with Crippen LogP contribution in [-0.2, 0) is 4.79 Å². The van der Waals surface area contributed by atoms with Crippen molar-refractivity contribution in [1.82, 2.24) is 0 Å². The van der Waals surface area contributed by atoms with E-state index in [4.69, 9.17) is 9.47 Å². The average Bonchev–Trinajstić information content (AvgIpc) is 3.10. The first-order valence-electron chi connectivity index (χ1n) is 9.66. The van der Waals surface area contributed by atoms with Crippen LogP contribution in [0.4, 0.5) is 10.7 Å². The van der Waals surface area contributed by atoms with E-state index in [0.29, 0.717) is 27.1 Å². The number of phenolic OH excluding ortho intramolecular Hbond substituents is 1. The molecular formula is C23H22N2O5S. The van der Waals surface area contributed by atoms with Gasteiger partial charge in [-0.15, -0.1) is 11.3 Å². The highest BCUT2D eigenvalue weighted by Crippen LogP contribution is 2.46. The van der Waals surface area contributed by atoms with Crippen LogP contribution in [0.25, 0.3) is 0 Å². The topological polar surface area (TPSA) is 96.9 Å². The van der Waals surface area contributed by atoms with Crippen molar-refractivity contribution >= 4 is 33.8 Å². The number of methoxy groups -OCH3 is 2. The molecule has 3 N–H and O–H groups in total. The summed E-state index contributed by atoms with van der Waals surface area (Å²) in [6, 6.07) is 12.2. The second-order valence-corrected chi connectivity index (χ2v) is 8.24.